The number of rotatable bonds is 2. The zero-order valence-electron chi connectivity index (χ0n) is 16.2. The number of nitrogens with zero attached hydrogens (tertiary/aromatic N) is 5. The van der Waals surface area contributed by atoms with Crippen LogP contribution in [0.5, 0.6) is 0 Å². The Morgan fingerprint density at radius 2 is 2.10 bits per heavy atom. The minimum Gasteiger partial charge on any atom is -0.377 e. The molecule has 9 heteroatoms. The number of aliphatic imine (C=N–C) groups is 1. The van der Waals surface area contributed by atoms with E-state index in [9.17, 15) is 8.42 Å². The van der Waals surface area contributed by atoms with Crippen molar-refractivity contribution in [2.45, 2.75) is 17.9 Å². The summed E-state index contributed by atoms with van der Waals surface area (Å²) in [5.74, 6) is 1.45. The number of ether oxygens (including phenoxy) is 1. The highest BCUT2D eigenvalue weighted by molar-refractivity contribution is 7.91. The summed E-state index contributed by atoms with van der Waals surface area (Å²) in [6.45, 7) is 4.57. The van der Waals surface area contributed by atoms with E-state index >= 15 is 0 Å². The van der Waals surface area contributed by atoms with Crippen LogP contribution in [0.4, 0.5) is 5.82 Å². The first-order valence-corrected chi connectivity index (χ1v) is 11.4. The van der Waals surface area contributed by atoms with Crippen LogP contribution in [0.2, 0.25) is 0 Å². The Kier molecular flexibility index (Phi) is 4.18. The first-order valence-electron chi connectivity index (χ1n) is 9.51. The normalized spacial score (nSPS) is 20.0. The van der Waals surface area contributed by atoms with Crippen LogP contribution in [0.3, 0.4) is 0 Å². The maximum atomic E-state index is 12.6. The van der Waals surface area contributed by atoms with Crippen LogP contribution in [-0.4, -0.2) is 67.6 Å². The third kappa shape index (κ3) is 2.92. The summed E-state index contributed by atoms with van der Waals surface area (Å²) < 4.78 is 32.5. The predicted octanol–water partition coefficient (Wildman–Crippen LogP) is 2.03. The Morgan fingerprint density at radius 1 is 1.24 bits per heavy atom. The van der Waals surface area contributed by atoms with Crippen LogP contribution in [0.1, 0.15) is 6.92 Å². The van der Waals surface area contributed by atoms with E-state index in [1.807, 2.05) is 18.2 Å². The average molecular weight is 411 g/mol. The highest BCUT2D eigenvalue weighted by atomic mass is 32.2. The third-order valence-electron chi connectivity index (χ3n) is 5.37. The lowest BCUT2D eigenvalue weighted by Gasteiger charge is -2.35. The van der Waals surface area contributed by atoms with Gasteiger partial charge in [-0.2, -0.15) is 9.78 Å². The van der Waals surface area contributed by atoms with Crippen LogP contribution in [0.15, 0.2) is 46.4 Å². The van der Waals surface area contributed by atoms with E-state index in [0.717, 1.165) is 11.2 Å². The van der Waals surface area contributed by atoms with Crippen molar-refractivity contribution >= 4 is 43.3 Å². The summed E-state index contributed by atoms with van der Waals surface area (Å²) in [5, 5.41) is 6.65. The molecule has 3 aromatic rings. The number of sulfone groups is 1. The number of morpholine rings is 1. The summed E-state index contributed by atoms with van der Waals surface area (Å²) in [6, 6.07) is 5.47. The standard InChI is InChI=1S/C20H21N5O3S/c1-13-12-28-10-9-24(13)19-14-5-3-6-16(29(2,26)27)18(14)15-11-22-25(20(15)23-19)17-7-4-8-21-17/h3-7,11,13H,8-10,12H2,1-2H3/t13-/m1/s1. The van der Waals surface area contributed by atoms with Crippen LogP contribution in [0, 0.1) is 0 Å². The third-order valence-corrected chi connectivity index (χ3v) is 6.51. The van der Waals surface area contributed by atoms with E-state index in [-0.39, 0.29) is 10.9 Å². The van der Waals surface area contributed by atoms with Gasteiger partial charge in [-0.15, -0.1) is 0 Å². The Hall–Kier alpha value is -2.78. The summed E-state index contributed by atoms with van der Waals surface area (Å²) in [6.07, 6.45) is 6.77. The van der Waals surface area contributed by atoms with E-state index in [1.54, 1.807) is 23.0 Å². The minimum absolute atomic E-state index is 0.124. The predicted molar refractivity (Wildman–Crippen MR) is 113 cm³/mol. The number of fused-ring (bicyclic) bond motifs is 3. The molecule has 150 valence electrons. The molecule has 2 aliphatic heterocycles. The van der Waals surface area contributed by atoms with Crippen molar-refractivity contribution in [3.05, 3.63) is 36.5 Å². The molecule has 1 aromatic carbocycles. The Labute approximate surface area is 168 Å². The fourth-order valence-electron chi connectivity index (χ4n) is 4.01. The van der Waals surface area contributed by atoms with E-state index in [2.05, 4.69) is 21.9 Å². The van der Waals surface area contributed by atoms with Crippen molar-refractivity contribution in [2.75, 3.05) is 37.5 Å². The van der Waals surface area contributed by atoms with Gasteiger partial charge in [0, 0.05) is 29.0 Å². The second-order valence-electron chi connectivity index (χ2n) is 7.40. The quantitative estimate of drug-likeness (QED) is 0.641. The molecule has 2 aromatic heterocycles. The minimum atomic E-state index is -3.44. The smallest absolute Gasteiger partial charge is 0.176 e. The van der Waals surface area contributed by atoms with Gasteiger partial charge >= 0.3 is 0 Å². The maximum absolute atomic E-state index is 12.6. The number of pyridine rings is 1. The number of anilines is 1. The first-order chi connectivity index (χ1) is 13.9. The number of hydrogen-bond acceptors (Lipinski definition) is 7. The molecule has 29 heavy (non-hydrogen) atoms. The lowest BCUT2D eigenvalue weighted by Crippen LogP contribution is -2.44. The Balaban J connectivity index is 1.90. The lowest BCUT2D eigenvalue weighted by molar-refractivity contribution is 0.0987. The molecule has 0 saturated carbocycles. The molecule has 5 rings (SSSR count). The second-order valence-corrected chi connectivity index (χ2v) is 9.38. The van der Waals surface area contributed by atoms with Gasteiger partial charge in [-0.1, -0.05) is 18.2 Å². The van der Waals surface area contributed by atoms with E-state index in [0.29, 0.717) is 48.6 Å². The SMILES string of the molecule is C[C@@H]1COCCN1c1nc2c(cnn2C2=NCC=C2)c2c(S(C)(=O)=O)cccc12. The van der Waals surface area contributed by atoms with Crippen LogP contribution in [-0.2, 0) is 14.6 Å². The van der Waals surface area contributed by atoms with Gasteiger partial charge in [-0.25, -0.2) is 13.4 Å². The largest absolute Gasteiger partial charge is 0.377 e. The molecule has 0 unspecified atom stereocenters. The Bertz CT molecular complexity index is 1290. The van der Waals surface area contributed by atoms with Gasteiger partial charge in [0.2, 0.25) is 0 Å². The van der Waals surface area contributed by atoms with Gasteiger partial charge in [-0.05, 0) is 19.1 Å². The number of benzene rings is 1. The molecular formula is C20H21N5O3S. The molecule has 0 bridgehead atoms. The average Bonchev–Trinajstić information content (AvgIpc) is 3.36. The van der Waals surface area contributed by atoms with Crippen LogP contribution >= 0.6 is 0 Å². The Morgan fingerprint density at radius 3 is 2.83 bits per heavy atom. The van der Waals surface area contributed by atoms with Gasteiger partial charge in [-0.3, -0.25) is 4.99 Å². The van der Waals surface area contributed by atoms with Gasteiger partial charge in [0.15, 0.2) is 21.3 Å². The van der Waals surface area contributed by atoms with Crippen molar-refractivity contribution < 1.29 is 13.2 Å². The molecule has 1 atom stereocenters. The molecule has 1 fully saturated rings. The molecular weight excluding hydrogens is 390 g/mol. The molecule has 0 spiro atoms. The molecule has 0 aliphatic carbocycles. The number of allylic oxidation sites excluding steroid dienone is 1. The van der Waals surface area contributed by atoms with Gasteiger partial charge in [0.25, 0.3) is 0 Å². The number of aromatic nitrogens is 3. The summed E-state index contributed by atoms with van der Waals surface area (Å²) in [5.41, 5.74) is 0.604. The van der Waals surface area contributed by atoms with E-state index < -0.39 is 9.84 Å². The summed E-state index contributed by atoms with van der Waals surface area (Å²) in [7, 11) is -3.44. The second kappa shape index (κ2) is 6.64. The molecule has 4 heterocycles. The molecule has 0 amide bonds. The van der Waals surface area contributed by atoms with Crippen molar-refractivity contribution in [2.24, 2.45) is 4.99 Å². The molecule has 0 N–H and O–H groups in total. The van der Waals surface area contributed by atoms with Gasteiger partial charge in [0.1, 0.15) is 5.82 Å². The van der Waals surface area contributed by atoms with Crippen molar-refractivity contribution in [1.29, 1.82) is 0 Å². The zero-order chi connectivity index (χ0) is 20.2. The van der Waals surface area contributed by atoms with Crippen molar-refractivity contribution in [3.63, 3.8) is 0 Å². The fourth-order valence-corrected chi connectivity index (χ4v) is 4.93. The number of hydrogen-bond donors (Lipinski definition) is 0. The lowest BCUT2D eigenvalue weighted by atomic mass is 10.1. The van der Waals surface area contributed by atoms with E-state index in [4.69, 9.17) is 9.72 Å². The van der Waals surface area contributed by atoms with Crippen molar-refractivity contribution in [3.8, 4) is 0 Å². The molecule has 1 saturated heterocycles. The molecule has 8 nitrogen and oxygen atoms in total. The van der Waals surface area contributed by atoms with Gasteiger partial charge in [0.05, 0.1) is 36.9 Å². The van der Waals surface area contributed by atoms with Crippen molar-refractivity contribution in [1.82, 2.24) is 14.8 Å². The van der Waals surface area contributed by atoms with Crippen LogP contribution < -0.4 is 4.90 Å². The topological polar surface area (TPSA) is 89.7 Å². The highest BCUT2D eigenvalue weighted by Gasteiger charge is 2.27. The van der Waals surface area contributed by atoms with Gasteiger partial charge < -0.3 is 9.64 Å². The molecule has 2 aliphatic rings. The van der Waals surface area contributed by atoms with Crippen LogP contribution in [0.25, 0.3) is 21.8 Å². The summed E-state index contributed by atoms with van der Waals surface area (Å²) >= 11 is 0. The maximum Gasteiger partial charge on any atom is 0.176 e. The highest BCUT2D eigenvalue weighted by Crippen LogP contribution is 2.36. The first kappa shape index (κ1) is 18.3. The fraction of sp³-hybridized carbons (Fsp3) is 0.350. The monoisotopic (exact) mass is 411 g/mol. The molecule has 0 radical (unpaired) electrons. The summed E-state index contributed by atoms with van der Waals surface area (Å²) in [4.78, 5) is 11.9. The van der Waals surface area contributed by atoms with E-state index in [1.165, 1.54) is 6.26 Å². The zero-order valence-corrected chi connectivity index (χ0v) is 17.1.